The Balaban J connectivity index is 1.45. The summed E-state index contributed by atoms with van der Waals surface area (Å²) in [5.41, 5.74) is 1.27. The van der Waals surface area contributed by atoms with Crippen LogP contribution in [0.4, 0.5) is 5.69 Å². The third kappa shape index (κ3) is 4.30. The molecule has 1 aliphatic heterocycles. The number of rotatable bonds is 5. The molecular weight excluding hydrogens is 308 g/mol. The van der Waals surface area contributed by atoms with Crippen LogP contribution in [0.3, 0.4) is 0 Å². The Morgan fingerprint density at radius 1 is 1.04 bits per heavy atom. The molecule has 1 aromatic heterocycles. The topological polar surface area (TPSA) is 19.6 Å². The van der Waals surface area contributed by atoms with Gasteiger partial charge < -0.3 is 9.32 Å². The van der Waals surface area contributed by atoms with Gasteiger partial charge in [-0.15, -0.1) is 0 Å². The molecule has 2 heterocycles. The molecule has 2 aromatic rings. The number of aryl methyl sites for hydroxylation is 1. The molecule has 1 aromatic carbocycles. The predicted molar refractivity (Wildman–Crippen MR) is 96.6 cm³/mol. The van der Waals surface area contributed by atoms with E-state index in [0.717, 1.165) is 55.7 Å². The van der Waals surface area contributed by atoms with Gasteiger partial charge in [0.15, 0.2) is 0 Å². The van der Waals surface area contributed by atoms with Crippen LogP contribution in [0.15, 0.2) is 40.8 Å². The van der Waals surface area contributed by atoms with Crippen LogP contribution >= 0.6 is 11.6 Å². The summed E-state index contributed by atoms with van der Waals surface area (Å²) in [5.74, 6) is 2.60. The highest BCUT2D eigenvalue weighted by atomic mass is 35.5. The fourth-order valence-electron chi connectivity index (χ4n) is 3.12. The van der Waals surface area contributed by atoms with Crippen molar-refractivity contribution in [3.63, 3.8) is 0 Å². The summed E-state index contributed by atoms with van der Waals surface area (Å²) in [6.07, 6.45) is 1.15. The summed E-state index contributed by atoms with van der Waals surface area (Å²) < 4.78 is 5.73. The lowest BCUT2D eigenvalue weighted by Crippen LogP contribution is -2.46. The van der Waals surface area contributed by atoms with Crippen LogP contribution in [0, 0.1) is 6.92 Å². The number of halogens is 1. The van der Waals surface area contributed by atoms with Crippen LogP contribution in [-0.2, 0) is 0 Å². The molecule has 0 N–H and O–H groups in total. The lowest BCUT2D eigenvalue weighted by Gasteiger charge is -2.36. The Morgan fingerprint density at radius 2 is 1.74 bits per heavy atom. The van der Waals surface area contributed by atoms with Crippen molar-refractivity contribution in [3.05, 3.63) is 52.9 Å². The van der Waals surface area contributed by atoms with Crippen LogP contribution in [0.1, 0.15) is 30.8 Å². The molecule has 1 saturated heterocycles. The first-order valence-corrected chi connectivity index (χ1v) is 8.79. The van der Waals surface area contributed by atoms with Gasteiger partial charge in [0.2, 0.25) is 0 Å². The molecule has 124 valence electrons. The highest BCUT2D eigenvalue weighted by Gasteiger charge is 2.18. The molecule has 3 nitrogen and oxygen atoms in total. The SMILES string of the molecule is Cc1ccc([C@H](C)CCN2CCN(c3ccc(Cl)cc3)CC2)o1. The highest BCUT2D eigenvalue weighted by Crippen LogP contribution is 2.23. The van der Waals surface area contributed by atoms with Crippen molar-refractivity contribution in [1.82, 2.24) is 4.90 Å². The zero-order chi connectivity index (χ0) is 16.2. The lowest BCUT2D eigenvalue weighted by molar-refractivity contribution is 0.246. The molecule has 1 fully saturated rings. The zero-order valence-corrected chi connectivity index (χ0v) is 14.7. The van der Waals surface area contributed by atoms with E-state index < -0.39 is 0 Å². The maximum absolute atomic E-state index is 5.96. The van der Waals surface area contributed by atoms with Gasteiger partial charge in [-0.05, 0) is 56.3 Å². The normalized spacial score (nSPS) is 17.4. The summed E-state index contributed by atoms with van der Waals surface area (Å²) >= 11 is 5.96. The van der Waals surface area contributed by atoms with Crippen molar-refractivity contribution >= 4 is 17.3 Å². The maximum Gasteiger partial charge on any atom is 0.107 e. The van der Waals surface area contributed by atoms with Gasteiger partial charge in [0.05, 0.1) is 0 Å². The molecule has 1 atom stereocenters. The molecule has 23 heavy (non-hydrogen) atoms. The predicted octanol–water partition coefficient (Wildman–Crippen LogP) is 4.56. The third-order valence-corrected chi connectivity index (χ3v) is 4.94. The number of hydrogen-bond acceptors (Lipinski definition) is 3. The number of furan rings is 1. The first-order chi connectivity index (χ1) is 11.1. The van der Waals surface area contributed by atoms with Crippen LogP contribution in [0.2, 0.25) is 5.02 Å². The molecular formula is C19H25ClN2O. The van der Waals surface area contributed by atoms with E-state index in [-0.39, 0.29) is 0 Å². The molecule has 0 unspecified atom stereocenters. The van der Waals surface area contributed by atoms with Gasteiger partial charge >= 0.3 is 0 Å². The number of anilines is 1. The van der Waals surface area contributed by atoms with E-state index in [1.807, 2.05) is 19.1 Å². The summed E-state index contributed by atoms with van der Waals surface area (Å²) in [6.45, 7) is 9.79. The Kier molecular flexibility index (Phi) is 5.29. The first kappa shape index (κ1) is 16.4. The van der Waals surface area contributed by atoms with Crippen molar-refractivity contribution in [2.45, 2.75) is 26.2 Å². The smallest absolute Gasteiger partial charge is 0.107 e. The Bertz CT molecular complexity index is 615. The third-order valence-electron chi connectivity index (χ3n) is 4.69. The lowest BCUT2D eigenvalue weighted by atomic mass is 10.0. The van der Waals surface area contributed by atoms with E-state index in [1.165, 1.54) is 5.69 Å². The molecule has 0 radical (unpaired) electrons. The second kappa shape index (κ2) is 7.41. The van der Waals surface area contributed by atoms with Crippen LogP contribution < -0.4 is 4.90 Å². The molecule has 0 amide bonds. The summed E-state index contributed by atoms with van der Waals surface area (Å²) in [4.78, 5) is 4.99. The molecule has 3 rings (SSSR count). The first-order valence-electron chi connectivity index (χ1n) is 8.41. The highest BCUT2D eigenvalue weighted by molar-refractivity contribution is 6.30. The van der Waals surface area contributed by atoms with Gasteiger partial charge in [-0.1, -0.05) is 18.5 Å². The van der Waals surface area contributed by atoms with Crippen molar-refractivity contribution in [2.24, 2.45) is 0 Å². The van der Waals surface area contributed by atoms with E-state index in [0.29, 0.717) is 5.92 Å². The molecule has 0 saturated carbocycles. The van der Waals surface area contributed by atoms with Crippen LogP contribution in [-0.4, -0.2) is 37.6 Å². The minimum absolute atomic E-state index is 0.484. The standard InChI is InChI=1S/C19H25ClN2O/c1-15(19-8-3-16(2)23-19)9-10-21-11-13-22(14-12-21)18-6-4-17(20)5-7-18/h3-8,15H,9-14H2,1-2H3/t15-/m1/s1. The van der Waals surface area contributed by atoms with Gasteiger partial charge in [-0.3, -0.25) is 4.90 Å². The second-order valence-electron chi connectivity index (χ2n) is 6.44. The van der Waals surface area contributed by atoms with Crippen LogP contribution in [0.5, 0.6) is 0 Å². The number of hydrogen-bond donors (Lipinski definition) is 0. The molecule has 4 heteroatoms. The number of nitrogens with zero attached hydrogens (tertiary/aromatic N) is 2. The van der Waals surface area contributed by atoms with E-state index in [9.17, 15) is 0 Å². The van der Waals surface area contributed by atoms with Crippen molar-refractivity contribution in [2.75, 3.05) is 37.6 Å². The molecule has 0 aliphatic carbocycles. The van der Waals surface area contributed by atoms with Gasteiger partial charge in [-0.2, -0.15) is 0 Å². The largest absolute Gasteiger partial charge is 0.466 e. The van der Waals surface area contributed by atoms with Gasteiger partial charge in [-0.25, -0.2) is 0 Å². The monoisotopic (exact) mass is 332 g/mol. The molecule has 1 aliphatic rings. The summed E-state index contributed by atoms with van der Waals surface area (Å²) in [5, 5.41) is 0.800. The fraction of sp³-hybridized carbons (Fsp3) is 0.474. The molecule has 0 spiro atoms. The average molecular weight is 333 g/mol. The summed E-state index contributed by atoms with van der Waals surface area (Å²) in [6, 6.07) is 12.3. The summed E-state index contributed by atoms with van der Waals surface area (Å²) in [7, 11) is 0. The van der Waals surface area contributed by atoms with Crippen LogP contribution in [0.25, 0.3) is 0 Å². The molecule has 0 bridgehead atoms. The van der Waals surface area contributed by atoms with Gasteiger partial charge in [0.1, 0.15) is 11.5 Å². The minimum atomic E-state index is 0.484. The van der Waals surface area contributed by atoms with Gasteiger partial charge in [0, 0.05) is 42.8 Å². The fourth-order valence-corrected chi connectivity index (χ4v) is 3.24. The Labute approximate surface area is 143 Å². The van der Waals surface area contributed by atoms with Crippen molar-refractivity contribution < 1.29 is 4.42 Å². The van der Waals surface area contributed by atoms with Crippen molar-refractivity contribution in [1.29, 1.82) is 0 Å². The number of benzene rings is 1. The van der Waals surface area contributed by atoms with E-state index in [4.69, 9.17) is 16.0 Å². The number of piperazine rings is 1. The quantitative estimate of drug-likeness (QED) is 0.800. The van der Waals surface area contributed by atoms with Crippen molar-refractivity contribution in [3.8, 4) is 0 Å². The minimum Gasteiger partial charge on any atom is -0.466 e. The zero-order valence-electron chi connectivity index (χ0n) is 14.0. The average Bonchev–Trinajstić information content (AvgIpc) is 3.00. The Hall–Kier alpha value is -1.45. The second-order valence-corrected chi connectivity index (χ2v) is 6.88. The van der Waals surface area contributed by atoms with E-state index in [2.05, 4.69) is 41.0 Å². The van der Waals surface area contributed by atoms with E-state index in [1.54, 1.807) is 0 Å². The van der Waals surface area contributed by atoms with Gasteiger partial charge in [0.25, 0.3) is 0 Å². The van der Waals surface area contributed by atoms with E-state index >= 15 is 0 Å². The Morgan fingerprint density at radius 3 is 2.35 bits per heavy atom. The maximum atomic E-state index is 5.96.